The molecular formula is C11H12F5NO. The maximum absolute atomic E-state index is 13.7. The Balaban J connectivity index is 2.94. The number of halogens is 5. The zero-order valence-electron chi connectivity index (χ0n) is 9.52. The van der Waals surface area contributed by atoms with Gasteiger partial charge in [0, 0.05) is 18.0 Å². The second-order valence-corrected chi connectivity index (χ2v) is 3.74. The highest BCUT2D eigenvalue weighted by atomic mass is 19.4. The van der Waals surface area contributed by atoms with Crippen LogP contribution in [-0.4, -0.2) is 13.3 Å². The van der Waals surface area contributed by atoms with E-state index in [-0.39, 0.29) is 5.75 Å². The highest BCUT2D eigenvalue weighted by Crippen LogP contribution is 2.31. The molecule has 0 saturated carbocycles. The highest BCUT2D eigenvalue weighted by Gasteiger charge is 2.29. The second kappa shape index (κ2) is 5.51. The number of nitrogens with two attached hydrogens (primary N) is 1. The Morgan fingerprint density at radius 1 is 1.28 bits per heavy atom. The lowest BCUT2D eigenvalue weighted by Crippen LogP contribution is -2.18. The van der Waals surface area contributed by atoms with Crippen molar-refractivity contribution in [3.8, 4) is 5.75 Å². The topological polar surface area (TPSA) is 35.2 Å². The number of hydrogen-bond acceptors (Lipinski definition) is 2. The molecule has 102 valence electrons. The Morgan fingerprint density at radius 2 is 1.89 bits per heavy atom. The van der Waals surface area contributed by atoms with Gasteiger partial charge in [0.05, 0.1) is 7.11 Å². The van der Waals surface area contributed by atoms with Crippen LogP contribution >= 0.6 is 0 Å². The fourth-order valence-electron chi connectivity index (χ4n) is 1.51. The van der Waals surface area contributed by atoms with E-state index in [9.17, 15) is 22.0 Å². The third kappa shape index (κ3) is 3.56. The Hall–Kier alpha value is -1.37. The summed E-state index contributed by atoms with van der Waals surface area (Å²) < 4.78 is 67.7. The standard InChI is InChI=1S/C11H12F5NO/c1-18-8-3-2-6(12)9(10(8)13)7(17)4-5-11(14,15)16/h2-3,7H,4-5,17H2,1H3/t7-/m1/s1. The molecule has 2 nitrogen and oxygen atoms in total. The van der Waals surface area contributed by atoms with Crippen LogP contribution in [0.4, 0.5) is 22.0 Å². The smallest absolute Gasteiger partial charge is 0.389 e. The predicted octanol–water partition coefficient (Wildman–Crippen LogP) is 3.32. The van der Waals surface area contributed by atoms with Crippen LogP contribution in [0.3, 0.4) is 0 Å². The van der Waals surface area contributed by atoms with Gasteiger partial charge < -0.3 is 10.5 Å². The molecule has 7 heteroatoms. The van der Waals surface area contributed by atoms with Crippen molar-refractivity contribution in [1.82, 2.24) is 0 Å². The number of benzene rings is 1. The number of alkyl halides is 3. The lowest BCUT2D eigenvalue weighted by atomic mass is 10.0. The molecule has 1 rings (SSSR count). The Morgan fingerprint density at radius 3 is 2.39 bits per heavy atom. The van der Waals surface area contributed by atoms with E-state index in [2.05, 4.69) is 4.74 Å². The van der Waals surface area contributed by atoms with Gasteiger partial charge in [-0.05, 0) is 18.6 Å². The van der Waals surface area contributed by atoms with Gasteiger partial charge in [0.1, 0.15) is 5.82 Å². The van der Waals surface area contributed by atoms with Gasteiger partial charge in [-0.3, -0.25) is 0 Å². The zero-order valence-corrected chi connectivity index (χ0v) is 9.52. The molecule has 0 aromatic heterocycles. The fourth-order valence-corrected chi connectivity index (χ4v) is 1.51. The van der Waals surface area contributed by atoms with Crippen molar-refractivity contribution in [3.05, 3.63) is 29.3 Å². The van der Waals surface area contributed by atoms with Gasteiger partial charge in [0.15, 0.2) is 11.6 Å². The van der Waals surface area contributed by atoms with Crippen LogP contribution in [0.25, 0.3) is 0 Å². The first-order valence-corrected chi connectivity index (χ1v) is 5.10. The number of rotatable bonds is 4. The molecule has 0 unspecified atom stereocenters. The average molecular weight is 269 g/mol. The van der Waals surface area contributed by atoms with Gasteiger partial charge in [0.25, 0.3) is 0 Å². The molecule has 1 aromatic carbocycles. The van der Waals surface area contributed by atoms with E-state index in [1.54, 1.807) is 0 Å². The summed E-state index contributed by atoms with van der Waals surface area (Å²) in [6, 6.07) is 0.580. The molecule has 0 heterocycles. The van der Waals surface area contributed by atoms with Gasteiger partial charge in [-0.15, -0.1) is 0 Å². The predicted molar refractivity (Wildman–Crippen MR) is 55.1 cm³/mol. The van der Waals surface area contributed by atoms with Crippen LogP contribution in [0.15, 0.2) is 12.1 Å². The monoisotopic (exact) mass is 269 g/mol. The first kappa shape index (κ1) is 14.7. The summed E-state index contributed by atoms with van der Waals surface area (Å²) in [6.45, 7) is 0. The first-order valence-electron chi connectivity index (χ1n) is 5.10. The van der Waals surface area contributed by atoms with Crippen molar-refractivity contribution >= 4 is 0 Å². The largest absolute Gasteiger partial charge is 0.494 e. The van der Waals surface area contributed by atoms with Crippen LogP contribution in [0, 0.1) is 11.6 Å². The minimum absolute atomic E-state index is 0.256. The van der Waals surface area contributed by atoms with Crippen molar-refractivity contribution in [2.75, 3.05) is 7.11 Å². The normalized spacial score (nSPS) is 13.5. The lowest BCUT2D eigenvalue weighted by molar-refractivity contribution is -0.136. The molecule has 0 amide bonds. The van der Waals surface area contributed by atoms with Gasteiger partial charge in [-0.25, -0.2) is 8.78 Å². The molecule has 18 heavy (non-hydrogen) atoms. The third-order valence-corrected chi connectivity index (χ3v) is 2.42. The van der Waals surface area contributed by atoms with E-state index in [0.717, 1.165) is 12.1 Å². The van der Waals surface area contributed by atoms with Crippen molar-refractivity contribution < 1.29 is 26.7 Å². The van der Waals surface area contributed by atoms with Crippen molar-refractivity contribution in [2.24, 2.45) is 5.73 Å². The summed E-state index contributed by atoms with van der Waals surface area (Å²) in [5.74, 6) is -2.30. The average Bonchev–Trinajstić information content (AvgIpc) is 2.26. The van der Waals surface area contributed by atoms with Crippen molar-refractivity contribution in [3.63, 3.8) is 0 Å². The highest BCUT2D eigenvalue weighted by molar-refractivity contribution is 5.34. The number of methoxy groups -OCH3 is 1. The molecule has 0 spiro atoms. The van der Waals surface area contributed by atoms with Crippen LogP contribution in [-0.2, 0) is 0 Å². The van der Waals surface area contributed by atoms with Gasteiger partial charge in [-0.1, -0.05) is 0 Å². The Bertz CT molecular complexity index is 419. The summed E-state index contributed by atoms with van der Waals surface area (Å²) in [6.07, 6.45) is -6.21. The maximum atomic E-state index is 13.7. The molecule has 1 aromatic rings. The van der Waals surface area contributed by atoms with Gasteiger partial charge >= 0.3 is 6.18 Å². The van der Waals surface area contributed by atoms with Gasteiger partial charge in [0.2, 0.25) is 0 Å². The van der Waals surface area contributed by atoms with E-state index in [1.807, 2.05) is 0 Å². The molecule has 0 bridgehead atoms. The summed E-state index contributed by atoms with van der Waals surface area (Å²) in [5.41, 5.74) is 4.81. The van der Waals surface area contributed by atoms with Gasteiger partial charge in [-0.2, -0.15) is 13.2 Å². The van der Waals surface area contributed by atoms with Crippen molar-refractivity contribution in [2.45, 2.75) is 25.1 Å². The van der Waals surface area contributed by atoms with E-state index in [4.69, 9.17) is 5.73 Å². The molecule has 0 aliphatic heterocycles. The molecule has 2 N–H and O–H groups in total. The summed E-state index contributed by atoms with van der Waals surface area (Å²) >= 11 is 0. The van der Waals surface area contributed by atoms with Crippen LogP contribution < -0.4 is 10.5 Å². The SMILES string of the molecule is COc1ccc(F)c([C@H](N)CCC(F)(F)F)c1F. The summed E-state index contributed by atoms with van der Waals surface area (Å²) in [5, 5.41) is 0. The van der Waals surface area contributed by atoms with Crippen LogP contribution in [0.1, 0.15) is 24.4 Å². The Kier molecular flexibility index (Phi) is 4.50. The summed E-state index contributed by atoms with van der Waals surface area (Å²) in [7, 11) is 1.17. The van der Waals surface area contributed by atoms with E-state index in [0.29, 0.717) is 0 Å². The number of hydrogen-bond donors (Lipinski definition) is 1. The third-order valence-electron chi connectivity index (χ3n) is 2.42. The second-order valence-electron chi connectivity index (χ2n) is 3.74. The maximum Gasteiger partial charge on any atom is 0.389 e. The molecule has 0 fully saturated rings. The molecule has 0 aliphatic carbocycles. The zero-order chi connectivity index (χ0) is 13.9. The molecule has 0 aliphatic rings. The molecular weight excluding hydrogens is 257 g/mol. The quantitative estimate of drug-likeness (QED) is 0.851. The lowest BCUT2D eigenvalue weighted by Gasteiger charge is -2.16. The molecule has 0 saturated heterocycles. The molecule has 0 radical (unpaired) electrons. The number of ether oxygens (including phenoxy) is 1. The van der Waals surface area contributed by atoms with E-state index in [1.165, 1.54) is 7.11 Å². The van der Waals surface area contributed by atoms with E-state index < -0.39 is 42.3 Å². The fraction of sp³-hybridized carbons (Fsp3) is 0.455. The van der Waals surface area contributed by atoms with Crippen LogP contribution in [0.2, 0.25) is 0 Å². The van der Waals surface area contributed by atoms with Crippen molar-refractivity contribution in [1.29, 1.82) is 0 Å². The van der Waals surface area contributed by atoms with Crippen LogP contribution in [0.5, 0.6) is 5.75 Å². The minimum Gasteiger partial charge on any atom is -0.494 e. The first-order chi connectivity index (χ1) is 8.26. The molecule has 1 atom stereocenters. The Labute approximate surface area is 101 Å². The van der Waals surface area contributed by atoms with E-state index >= 15 is 0 Å². The summed E-state index contributed by atoms with van der Waals surface area (Å²) in [4.78, 5) is 0. The minimum atomic E-state index is -4.41.